The maximum absolute atomic E-state index is 5.87. The molecule has 0 aliphatic heterocycles. The summed E-state index contributed by atoms with van der Waals surface area (Å²) in [6.07, 6.45) is 1.79. The highest BCUT2D eigenvalue weighted by Crippen LogP contribution is 2.22. The van der Waals surface area contributed by atoms with Crippen molar-refractivity contribution in [3.63, 3.8) is 0 Å². The minimum Gasteiger partial charge on any atom is -0.489 e. The minimum atomic E-state index is -0.0536. The van der Waals surface area contributed by atoms with Gasteiger partial charge in [-0.25, -0.2) is 9.98 Å². The monoisotopic (exact) mass is 358 g/mol. The van der Waals surface area contributed by atoms with Gasteiger partial charge in [0.15, 0.2) is 5.96 Å². The molecule has 0 aliphatic rings. The van der Waals surface area contributed by atoms with Gasteiger partial charge in [-0.05, 0) is 26.0 Å². The summed E-state index contributed by atoms with van der Waals surface area (Å²) in [5.74, 6) is 3.05. The van der Waals surface area contributed by atoms with Crippen LogP contribution in [0.4, 0.5) is 0 Å². The van der Waals surface area contributed by atoms with Gasteiger partial charge in [-0.1, -0.05) is 39.0 Å². The number of oxazole rings is 1. The van der Waals surface area contributed by atoms with Crippen LogP contribution in [-0.4, -0.2) is 30.1 Å². The summed E-state index contributed by atoms with van der Waals surface area (Å²) in [5.41, 5.74) is -0.0536. The van der Waals surface area contributed by atoms with E-state index in [0.29, 0.717) is 24.9 Å². The molecule has 1 aromatic heterocycles. The zero-order chi connectivity index (χ0) is 19.0. The SMILES string of the molecule is CCNC(=NCc1ncc(C(C)(C)C)o1)NCC(C)Oc1ccccc1. The number of hydrogen-bond donors (Lipinski definition) is 2. The molecule has 0 aliphatic carbocycles. The largest absolute Gasteiger partial charge is 0.489 e. The number of ether oxygens (including phenoxy) is 1. The maximum Gasteiger partial charge on any atom is 0.216 e. The molecule has 2 N–H and O–H groups in total. The molecule has 6 heteroatoms. The van der Waals surface area contributed by atoms with Gasteiger partial charge in [-0.3, -0.25) is 0 Å². The van der Waals surface area contributed by atoms with Crippen LogP contribution in [0.5, 0.6) is 5.75 Å². The number of nitrogens with zero attached hydrogens (tertiary/aromatic N) is 2. The van der Waals surface area contributed by atoms with Crippen molar-refractivity contribution in [2.45, 2.75) is 52.7 Å². The predicted octanol–water partition coefficient (Wildman–Crippen LogP) is 3.49. The van der Waals surface area contributed by atoms with E-state index in [-0.39, 0.29) is 11.5 Å². The second-order valence-electron chi connectivity index (χ2n) is 7.19. The van der Waals surface area contributed by atoms with Gasteiger partial charge in [0.1, 0.15) is 24.2 Å². The fourth-order valence-electron chi connectivity index (χ4n) is 2.23. The third-order valence-electron chi connectivity index (χ3n) is 3.65. The van der Waals surface area contributed by atoms with Gasteiger partial charge in [0.05, 0.1) is 12.7 Å². The Labute approximate surface area is 156 Å². The lowest BCUT2D eigenvalue weighted by molar-refractivity contribution is 0.224. The second-order valence-corrected chi connectivity index (χ2v) is 7.19. The molecular formula is C20H30N4O2. The Morgan fingerprint density at radius 3 is 2.58 bits per heavy atom. The first-order valence-corrected chi connectivity index (χ1v) is 9.07. The average Bonchev–Trinajstić information content (AvgIpc) is 3.08. The first-order valence-electron chi connectivity index (χ1n) is 9.07. The summed E-state index contributed by atoms with van der Waals surface area (Å²) in [7, 11) is 0. The zero-order valence-electron chi connectivity index (χ0n) is 16.4. The first-order chi connectivity index (χ1) is 12.4. The smallest absolute Gasteiger partial charge is 0.216 e. The van der Waals surface area contributed by atoms with Crippen LogP contribution in [0, 0.1) is 0 Å². The van der Waals surface area contributed by atoms with E-state index in [0.717, 1.165) is 18.1 Å². The van der Waals surface area contributed by atoms with Gasteiger partial charge in [-0.15, -0.1) is 0 Å². The molecule has 0 spiro atoms. The van der Waals surface area contributed by atoms with Crippen LogP contribution < -0.4 is 15.4 Å². The molecule has 2 aromatic rings. The quantitative estimate of drug-likeness (QED) is 0.585. The standard InChI is InChI=1S/C20H30N4O2/c1-6-21-19(23-12-15(2)25-16-10-8-7-9-11-16)24-14-18-22-13-17(26-18)20(3,4)5/h7-11,13,15H,6,12,14H2,1-5H3,(H2,21,23,24). The van der Waals surface area contributed by atoms with Crippen molar-refractivity contribution in [1.29, 1.82) is 0 Å². The topological polar surface area (TPSA) is 71.7 Å². The highest BCUT2D eigenvalue weighted by atomic mass is 16.5. The summed E-state index contributed by atoms with van der Waals surface area (Å²) in [4.78, 5) is 8.85. The summed E-state index contributed by atoms with van der Waals surface area (Å²) >= 11 is 0. The highest BCUT2D eigenvalue weighted by Gasteiger charge is 2.19. The number of para-hydroxylation sites is 1. The van der Waals surface area contributed by atoms with Crippen LogP contribution in [0.1, 0.15) is 46.3 Å². The van der Waals surface area contributed by atoms with Crippen LogP contribution in [0.3, 0.4) is 0 Å². The van der Waals surface area contributed by atoms with Crippen molar-refractivity contribution in [1.82, 2.24) is 15.6 Å². The van der Waals surface area contributed by atoms with Crippen LogP contribution >= 0.6 is 0 Å². The lowest BCUT2D eigenvalue weighted by Crippen LogP contribution is -2.41. The molecule has 0 fully saturated rings. The number of hydrogen-bond acceptors (Lipinski definition) is 4. The van der Waals surface area contributed by atoms with Crippen molar-refractivity contribution in [3.05, 3.63) is 48.2 Å². The number of nitrogens with one attached hydrogen (secondary N) is 2. The van der Waals surface area contributed by atoms with Gasteiger partial charge >= 0.3 is 0 Å². The highest BCUT2D eigenvalue weighted by molar-refractivity contribution is 5.79. The van der Waals surface area contributed by atoms with Crippen molar-refractivity contribution in [2.75, 3.05) is 13.1 Å². The molecule has 0 radical (unpaired) electrons. The maximum atomic E-state index is 5.87. The van der Waals surface area contributed by atoms with Gasteiger partial charge in [0.2, 0.25) is 5.89 Å². The molecule has 26 heavy (non-hydrogen) atoms. The van der Waals surface area contributed by atoms with Crippen molar-refractivity contribution in [2.24, 2.45) is 4.99 Å². The third kappa shape index (κ3) is 6.43. The molecule has 6 nitrogen and oxygen atoms in total. The van der Waals surface area contributed by atoms with Gasteiger partial charge in [-0.2, -0.15) is 0 Å². The normalized spacial score (nSPS) is 13.3. The fraction of sp³-hybridized carbons (Fsp3) is 0.500. The van der Waals surface area contributed by atoms with E-state index in [4.69, 9.17) is 9.15 Å². The summed E-state index contributed by atoms with van der Waals surface area (Å²) < 4.78 is 11.7. The Morgan fingerprint density at radius 2 is 1.96 bits per heavy atom. The van der Waals surface area contributed by atoms with Gasteiger partial charge in [0, 0.05) is 12.0 Å². The fourth-order valence-corrected chi connectivity index (χ4v) is 2.23. The molecule has 0 saturated carbocycles. The Kier molecular flexibility index (Phi) is 7.06. The van der Waals surface area contributed by atoms with Gasteiger partial charge < -0.3 is 19.8 Å². The molecular weight excluding hydrogens is 328 g/mol. The van der Waals surface area contributed by atoms with E-state index in [1.54, 1.807) is 6.20 Å². The first kappa shape index (κ1) is 19.8. The van der Waals surface area contributed by atoms with Crippen LogP contribution in [0.2, 0.25) is 0 Å². The minimum absolute atomic E-state index is 0.00971. The van der Waals surface area contributed by atoms with E-state index in [1.807, 2.05) is 44.2 Å². The number of guanidine groups is 1. The van der Waals surface area contributed by atoms with Crippen LogP contribution in [-0.2, 0) is 12.0 Å². The lowest BCUT2D eigenvalue weighted by atomic mass is 9.94. The number of rotatable bonds is 7. The number of aliphatic imine (C=N–C) groups is 1. The Bertz CT molecular complexity index is 689. The van der Waals surface area contributed by atoms with E-state index < -0.39 is 0 Å². The summed E-state index contributed by atoms with van der Waals surface area (Å²) in [6, 6.07) is 9.79. The Hall–Kier alpha value is -2.50. The molecule has 0 bridgehead atoms. The van der Waals surface area contributed by atoms with E-state index >= 15 is 0 Å². The molecule has 0 saturated heterocycles. The Morgan fingerprint density at radius 1 is 1.23 bits per heavy atom. The number of aromatic nitrogens is 1. The predicted molar refractivity (Wildman–Crippen MR) is 105 cm³/mol. The number of benzene rings is 1. The Balaban J connectivity index is 1.88. The van der Waals surface area contributed by atoms with Crippen molar-refractivity contribution in [3.8, 4) is 5.75 Å². The summed E-state index contributed by atoms with van der Waals surface area (Å²) in [6.45, 7) is 12.1. The van der Waals surface area contributed by atoms with E-state index in [9.17, 15) is 0 Å². The van der Waals surface area contributed by atoms with Crippen LogP contribution in [0.25, 0.3) is 0 Å². The lowest BCUT2D eigenvalue weighted by Gasteiger charge is -2.17. The summed E-state index contributed by atoms with van der Waals surface area (Å²) in [5, 5.41) is 6.52. The van der Waals surface area contributed by atoms with Gasteiger partial charge in [0.25, 0.3) is 0 Å². The van der Waals surface area contributed by atoms with E-state index in [1.165, 1.54) is 0 Å². The molecule has 1 unspecified atom stereocenters. The molecule has 2 rings (SSSR count). The zero-order valence-corrected chi connectivity index (χ0v) is 16.4. The molecule has 1 heterocycles. The third-order valence-corrected chi connectivity index (χ3v) is 3.65. The average molecular weight is 358 g/mol. The van der Waals surface area contributed by atoms with Crippen molar-refractivity contribution < 1.29 is 9.15 Å². The molecule has 142 valence electrons. The molecule has 0 amide bonds. The van der Waals surface area contributed by atoms with E-state index in [2.05, 4.69) is 41.4 Å². The molecule has 1 aromatic carbocycles. The van der Waals surface area contributed by atoms with Crippen LogP contribution in [0.15, 0.2) is 45.9 Å². The molecule has 1 atom stereocenters. The second kappa shape index (κ2) is 9.27. The van der Waals surface area contributed by atoms with Crippen molar-refractivity contribution >= 4 is 5.96 Å².